The Hall–Kier alpha value is -3.81. The van der Waals surface area contributed by atoms with Crippen molar-refractivity contribution in [1.82, 2.24) is 0 Å². The lowest BCUT2D eigenvalue weighted by Gasteiger charge is -2.36. The summed E-state index contributed by atoms with van der Waals surface area (Å²) < 4.78 is 27.0. The first-order valence-corrected chi connectivity index (χ1v) is 11.7. The van der Waals surface area contributed by atoms with Crippen LogP contribution < -0.4 is 18.9 Å². The van der Waals surface area contributed by atoms with Crippen molar-refractivity contribution in [2.24, 2.45) is 10.9 Å². The average molecular weight is 494 g/mol. The lowest BCUT2D eigenvalue weighted by molar-refractivity contribution is -0.143. The molecule has 3 atom stereocenters. The number of methoxy groups -OCH3 is 5. The number of aliphatic imine (C=N–C) groups is 1. The molecule has 36 heavy (non-hydrogen) atoms. The summed E-state index contributed by atoms with van der Waals surface area (Å²) in [6, 6.07) is 11.1. The smallest absolute Gasteiger partial charge is 0.315 e. The molecule has 4 rings (SSSR count). The van der Waals surface area contributed by atoms with E-state index in [1.807, 2.05) is 24.3 Å². The van der Waals surface area contributed by atoms with Gasteiger partial charge in [-0.15, -0.1) is 0 Å². The summed E-state index contributed by atoms with van der Waals surface area (Å²) in [5, 5.41) is 0. The van der Waals surface area contributed by atoms with E-state index in [0.29, 0.717) is 52.0 Å². The third-order valence-electron chi connectivity index (χ3n) is 7.00. The molecule has 0 aromatic heterocycles. The van der Waals surface area contributed by atoms with E-state index in [2.05, 4.69) is 0 Å². The van der Waals surface area contributed by atoms with Crippen molar-refractivity contribution >= 4 is 17.5 Å². The van der Waals surface area contributed by atoms with Gasteiger partial charge in [-0.05, 0) is 43.0 Å². The number of rotatable bonds is 7. The monoisotopic (exact) mass is 493 g/mol. The van der Waals surface area contributed by atoms with Crippen LogP contribution in [0.2, 0.25) is 0 Å². The fourth-order valence-electron chi connectivity index (χ4n) is 5.25. The number of benzene rings is 2. The molecule has 0 N–H and O–H groups in total. The third kappa shape index (κ3) is 4.43. The highest BCUT2D eigenvalue weighted by molar-refractivity contribution is 6.09. The van der Waals surface area contributed by atoms with Crippen molar-refractivity contribution in [3.63, 3.8) is 0 Å². The molecular formula is C28H31NO7. The van der Waals surface area contributed by atoms with Crippen molar-refractivity contribution < 1.29 is 33.3 Å². The van der Waals surface area contributed by atoms with Gasteiger partial charge in [0.1, 0.15) is 17.4 Å². The Morgan fingerprint density at radius 1 is 0.861 bits per heavy atom. The van der Waals surface area contributed by atoms with E-state index in [1.165, 1.54) is 7.11 Å². The maximum atomic E-state index is 13.8. The molecule has 0 spiro atoms. The SMILES string of the molecule is COC(=O)C1C(C)=NC2=C(C(=O)C[C@@H](c3ccc(OC)c(OC)c3)C2)[C@H]1c1ccc(OC)cc1OC. The number of ketones is 1. The van der Waals surface area contributed by atoms with E-state index in [1.54, 1.807) is 47.5 Å². The summed E-state index contributed by atoms with van der Waals surface area (Å²) in [5.74, 6) is 0.487. The summed E-state index contributed by atoms with van der Waals surface area (Å²) in [7, 11) is 7.65. The Kier molecular flexibility index (Phi) is 7.33. The van der Waals surface area contributed by atoms with Gasteiger partial charge in [0, 0.05) is 41.0 Å². The molecule has 2 aromatic rings. The Balaban J connectivity index is 1.82. The van der Waals surface area contributed by atoms with Crippen LogP contribution in [0, 0.1) is 5.92 Å². The number of carbonyl (C=O) groups is 2. The first-order valence-electron chi connectivity index (χ1n) is 11.7. The molecule has 2 aromatic carbocycles. The molecule has 2 aliphatic rings. The Morgan fingerprint density at radius 3 is 2.22 bits per heavy atom. The van der Waals surface area contributed by atoms with Crippen molar-refractivity contribution in [2.45, 2.75) is 31.6 Å². The summed E-state index contributed by atoms with van der Waals surface area (Å²) in [4.78, 5) is 31.5. The van der Waals surface area contributed by atoms with Crippen molar-refractivity contribution in [2.75, 3.05) is 35.5 Å². The molecule has 1 unspecified atom stereocenters. The molecule has 1 heterocycles. The maximum absolute atomic E-state index is 13.8. The minimum Gasteiger partial charge on any atom is -0.497 e. The normalized spacial score (nSPS) is 21.3. The molecule has 0 bridgehead atoms. The highest BCUT2D eigenvalue weighted by atomic mass is 16.5. The van der Waals surface area contributed by atoms with Crippen molar-refractivity contribution in [1.29, 1.82) is 0 Å². The van der Waals surface area contributed by atoms with E-state index < -0.39 is 17.8 Å². The molecule has 0 saturated carbocycles. The molecule has 8 nitrogen and oxygen atoms in total. The van der Waals surface area contributed by atoms with Crippen molar-refractivity contribution in [3.05, 3.63) is 58.8 Å². The first kappa shape index (κ1) is 25.3. The van der Waals surface area contributed by atoms with E-state index in [9.17, 15) is 9.59 Å². The number of ether oxygens (including phenoxy) is 5. The second-order valence-electron chi connectivity index (χ2n) is 8.84. The number of allylic oxidation sites excluding steroid dienone is 2. The molecule has 1 aliphatic heterocycles. The number of Topliss-reactive ketones (excluding diaryl/α,β-unsaturated/α-hetero) is 1. The first-order chi connectivity index (χ1) is 17.4. The Labute approximate surface area is 210 Å². The van der Waals surface area contributed by atoms with Gasteiger partial charge in [-0.2, -0.15) is 0 Å². The summed E-state index contributed by atoms with van der Waals surface area (Å²) in [5.41, 5.74) is 3.51. The van der Waals surface area contributed by atoms with Gasteiger partial charge in [-0.25, -0.2) is 0 Å². The van der Waals surface area contributed by atoms with Gasteiger partial charge in [0.05, 0.1) is 35.5 Å². The fourth-order valence-corrected chi connectivity index (χ4v) is 5.25. The number of carbonyl (C=O) groups excluding carboxylic acids is 2. The van der Waals surface area contributed by atoms with E-state index in [0.717, 1.165) is 5.56 Å². The zero-order valence-corrected chi connectivity index (χ0v) is 21.4. The van der Waals surface area contributed by atoms with Gasteiger partial charge in [0.15, 0.2) is 17.3 Å². The van der Waals surface area contributed by atoms with Gasteiger partial charge in [0.2, 0.25) is 0 Å². The Morgan fingerprint density at radius 2 is 1.58 bits per heavy atom. The molecule has 0 fully saturated rings. The number of esters is 1. The topological polar surface area (TPSA) is 92.7 Å². The van der Waals surface area contributed by atoms with Crippen LogP contribution in [0.25, 0.3) is 0 Å². The Bertz CT molecular complexity index is 1250. The minimum atomic E-state index is -0.738. The molecule has 1 aliphatic carbocycles. The molecule has 0 radical (unpaired) electrons. The highest BCUT2D eigenvalue weighted by Gasteiger charge is 2.45. The predicted molar refractivity (Wildman–Crippen MR) is 134 cm³/mol. The summed E-state index contributed by atoms with van der Waals surface area (Å²) in [6.07, 6.45) is 0.836. The zero-order chi connectivity index (χ0) is 26.0. The molecular weight excluding hydrogens is 462 g/mol. The third-order valence-corrected chi connectivity index (χ3v) is 7.00. The minimum absolute atomic E-state index is 0.0518. The average Bonchev–Trinajstić information content (AvgIpc) is 2.90. The van der Waals surface area contributed by atoms with Gasteiger partial charge in [0.25, 0.3) is 0 Å². The highest BCUT2D eigenvalue weighted by Crippen LogP contribution is 2.49. The summed E-state index contributed by atoms with van der Waals surface area (Å²) >= 11 is 0. The van der Waals surface area contributed by atoms with Gasteiger partial charge in [-0.1, -0.05) is 12.1 Å². The lowest BCUT2D eigenvalue weighted by Crippen LogP contribution is -2.38. The van der Waals surface area contributed by atoms with E-state index in [-0.39, 0.29) is 18.1 Å². The number of hydrogen-bond acceptors (Lipinski definition) is 8. The van der Waals surface area contributed by atoms with Gasteiger partial charge in [-0.3, -0.25) is 14.6 Å². The number of hydrogen-bond donors (Lipinski definition) is 0. The quantitative estimate of drug-likeness (QED) is 0.526. The van der Waals surface area contributed by atoms with Crippen LogP contribution in [0.5, 0.6) is 23.0 Å². The standard InChI is InChI=1S/C28H31NO7/c1-15-25(28(31)36-6)26(19-9-8-18(32-2)14-23(19)34-4)27-20(29-15)11-17(12-21(27)30)16-7-10-22(33-3)24(13-16)35-5/h7-10,13-14,17,25-26H,11-12H2,1-6H3/t17-,25?,26-/m0/s1. The molecule has 0 amide bonds. The van der Waals surface area contributed by atoms with Crippen LogP contribution in [-0.4, -0.2) is 53.0 Å². The fraction of sp³-hybridized carbons (Fsp3) is 0.393. The van der Waals surface area contributed by atoms with E-state index >= 15 is 0 Å². The summed E-state index contributed by atoms with van der Waals surface area (Å²) in [6.45, 7) is 1.80. The van der Waals surface area contributed by atoms with Crippen LogP contribution in [-0.2, 0) is 14.3 Å². The zero-order valence-electron chi connectivity index (χ0n) is 21.4. The largest absolute Gasteiger partial charge is 0.497 e. The van der Waals surface area contributed by atoms with Crippen molar-refractivity contribution in [3.8, 4) is 23.0 Å². The molecule has 8 heteroatoms. The van der Waals surface area contributed by atoms with E-state index in [4.69, 9.17) is 28.7 Å². The van der Waals surface area contributed by atoms with Crippen LogP contribution in [0.4, 0.5) is 0 Å². The lowest BCUT2D eigenvalue weighted by atomic mass is 9.69. The number of nitrogens with zero attached hydrogens (tertiary/aromatic N) is 1. The van der Waals surface area contributed by atoms with Crippen LogP contribution in [0.1, 0.15) is 42.7 Å². The molecule has 0 saturated heterocycles. The van der Waals surface area contributed by atoms with Gasteiger partial charge >= 0.3 is 5.97 Å². The van der Waals surface area contributed by atoms with Crippen LogP contribution in [0.15, 0.2) is 52.7 Å². The predicted octanol–water partition coefficient (Wildman–Crippen LogP) is 4.47. The van der Waals surface area contributed by atoms with Crippen LogP contribution >= 0.6 is 0 Å². The molecule has 190 valence electrons. The van der Waals surface area contributed by atoms with Gasteiger partial charge < -0.3 is 23.7 Å². The second kappa shape index (κ2) is 10.4. The maximum Gasteiger partial charge on any atom is 0.315 e. The van der Waals surface area contributed by atoms with Crippen LogP contribution in [0.3, 0.4) is 0 Å². The second-order valence-corrected chi connectivity index (χ2v) is 8.84.